The van der Waals surface area contributed by atoms with Gasteiger partial charge in [0.05, 0.1) is 24.5 Å². The van der Waals surface area contributed by atoms with E-state index in [1.807, 2.05) is 42.5 Å². The molecule has 5 rings (SSSR count). The minimum absolute atomic E-state index is 0.0640. The molecule has 0 bridgehead atoms. The summed E-state index contributed by atoms with van der Waals surface area (Å²) in [7, 11) is 3.05. The van der Waals surface area contributed by atoms with E-state index in [9.17, 15) is 4.79 Å². The first-order valence-corrected chi connectivity index (χ1v) is 12.6. The molecule has 0 unspecified atom stereocenters. The highest BCUT2D eigenvalue weighted by Crippen LogP contribution is 2.43. The van der Waals surface area contributed by atoms with Gasteiger partial charge in [-0.05, 0) is 73.7 Å². The third kappa shape index (κ3) is 4.98. The molecule has 2 aromatic heterocycles. The number of carbonyl (C=O) groups excluding carboxylic acids is 1. The Morgan fingerprint density at radius 1 is 1.05 bits per heavy atom. The molecule has 2 atom stereocenters. The quantitative estimate of drug-likeness (QED) is 0.314. The molecule has 3 heterocycles. The summed E-state index contributed by atoms with van der Waals surface area (Å²) in [5, 5.41) is 6.93. The van der Waals surface area contributed by atoms with Gasteiger partial charge < -0.3 is 29.6 Å². The van der Waals surface area contributed by atoms with Gasteiger partial charge in [0, 0.05) is 36.6 Å². The molecule has 2 N–H and O–H groups in total. The van der Waals surface area contributed by atoms with E-state index in [1.54, 1.807) is 13.3 Å². The zero-order valence-electron chi connectivity index (χ0n) is 21.4. The van der Waals surface area contributed by atoms with Crippen molar-refractivity contribution in [2.24, 2.45) is 0 Å². The van der Waals surface area contributed by atoms with Crippen LogP contribution >= 0.6 is 12.2 Å². The largest absolute Gasteiger partial charge is 0.495 e. The van der Waals surface area contributed by atoms with Gasteiger partial charge in [-0.2, -0.15) is 0 Å². The first-order chi connectivity index (χ1) is 18.5. The molecule has 0 spiro atoms. The van der Waals surface area contributed by atoms with E-state index in [0.29, 0.717) is 16.5 Å². The van der Waals surface area contributed by atoms with Gasteiger partial charge in [0.15, 0.2) is 5.11 Å². The Morgan fingerprint density at radius 3 is 2.55 bits per heavy atom. The van der Waals surface area contributed by atoms with Crippen molar-refractivity contribution < 1.29 is 14.3 Å². The van der Waals surface area contributed by atoms with Crippen LogP contribution in [0.3, 0.4) is 0 Å². The molecule has 2 aromatic carbocycles. The molecular weight excluding hydrogens is 498 g/mol. The van der Waals surface area contributed by atoms with Crippen LogP contribution in [0.15, 0.2) is 85.2 Å². The van der Waals surface area contributed by atoms with E-state index in [-0.39, 0.29) is 24.6 Å². The number of pyridine rings is 1. The average Bonchev–Trinajstić information content (AvgIpc) is 3.54. The number of rotatable bonds is 8. The molecule has 0 radical (unpaired) electrons. The fourth-order valence-electron chi connectivity index (χ4n) is 4.77. The summed E-state index contributed by atoms with van der Waals surface area (Å²) >= 11 is 5.90. The van der Waals surface area contributed by atoms with Crippen molar-refractivity contribution in [3.8, 4) is 11.4 Å². The van der Waals surface area contributed by atoms with Gasteiger partial charge in [-0.15, -0.1) is 0 Å². The van der Waals surface area contributed by atoms with Gasteiger partial charge >= 0.3 is 0 Å². The van der Waals surface area contributed by atoms with Gasteiger partial charge in [0.1, 0.15) is 18.4 Å². The number of thiocarbonyl (C=S) groups is 1. The fraction of sp³-hybridized carbons (Fsp3) is 0.207. The number of benzene rings is 2. The summed E-state index contributed by atoms with van der Waals surface area (Å²) in [6, 6.07) is 23.6. The number of amides is 1. The molecule has 8 nitrogen and oxygen atoms in total. The van der Waals surface area contributed by atoms with Crippen molar-refractivity contribution in [2.45, 2.75) is 19.0 Å². The second-order valence-corrected chi connectivity index (χ2v) is 9.39. The van der Waals surface area contributed by atoms with Crippen molar-refractivity contribution in [1.82, 2.24) is 14.9 Å². The van der Waals surface area contributed by atoms with Gasteiger partial charge in [-0.25, -0.2) is 0 Å². The van der Waals surface area contributed by atoms with Gasteiger partial charge in [-0.3, -0.25) is 9.78 Å². The lowest BCUT2D eigenvalue weighted by Gasteiger charge is -2.29. The number of nitrogens with one attached hydrogen (secondary N) is 2. The molecule has 1 aliphatic rings. The lowest BCUT2D eigenvalue weighted by Crippen LogP contribution is -2.30. The Bertz CT molecular complexity index is 1440. The zero-order chi connectivity index (χ0) is 26.6. The third-order valence-electron chi connectivity index (χ3n) is 6.50. The predicted octanol–water partition coefficient (Wildman–Crippen LogP) is 4.95. The number of carbonyl (C=O) groups is 1. The number of hydrogen-bond donors (Lipinski definition) is 2. The molecule has 1 aliphatic heterocycles. The van der Waals surface area contributed by atoms with Crippen LogP contribution < -0.4 is 20.3 Å². The number of aryl methyl sites for hydroxylation is 1. The van der Waals surface area contributed by atoms with Crippen molar-refractivity contribution in [1.29, 1.82) is 0 Å². The third-order valence-corrected chi connectivity index (χ3v) is 6.82. The number of ether oxygens (including phenoxy) is 2. The second kappa shape index (κ2) is 11.0. The first-order valence-electron chi connectivity index (χ1n) is 12.2. The van der Waals surface area contributed by atoms with Crippen LogP contribution in [0.5, 0.6) is 5.75 Å². The summed E-state index contributed by atoms with van der Waals surface area (Å²) in [6.07, 6.45) is 3.84. The lowest BCUT2D eigenvalue weighted by molar-refractivity contribution is -0.119. The van der Waals surface area contributed by atoms with Gasteiger partial charge in [0.2, 0.25) is 5.91 Å². The second-order valence-electron chi connectivity index (χ2n) is 9.00. The molecule has 38 heavy (non-hydrogen) atoms. The molecular formula is C29H29N5O3S. The van der Waals surface area contributed by atoms with Crippen LogP contribution in [0.2, 0.25) is 0 Å². The Kier molecular flexibility index (Phi) is 7.39. The molecule has 194 valence electrons. The molecule has 4 aromatic rings. The highest BCUT2D eigenvalue weighted by Gasteiger charge is 2.42. The maximum Gasteiger partial charge on any atom is 0.250 e. The summed E-state index contributed by atoms with van der Waals surface area (Å²) in [4.78, 5) is 19.1. The Balaban J connectivity index is 1.62. The van der Waals surface area contributed by atoms with E-state index in [4.69, 9.17) is 21.7 Å². The smallest absolute Gasteiger partial charge is 0.250 e. The number of hydrogen-bond acceptors (Lipinski definition) is 5. The molecule has 0 saturated carbocycles. The summed E-state index contributed by atoms with van der Waals surface area (Å²) < 4.78 is 12.7. The highest BCUT2D eigenvalue weighted by molar-refractivity contribution is 7.80. The van der Waals surface area contributed by atoms with Gasteiger partial charge in [-0.1, -0.05) is 23.8 Å². The van der Waals surface area contributed by atoms with Crippen molar-refractivity contribution in [2.75, 3.05) is 31.0 Å². The molecule has 1 amide bonds. The van der Waals surface area contributed by atoms with E-state index >= 15 is 0 Å². The van der Waals surface area contributed by atoms with E-state index in [2.05, 4.69) is 68.5 Å². The normalized spacial score (nSPS) is 16.8. The highest BCUT2D eigenvalue weighted by atomic mass is 32.1. The van der Waals surface area contributed by atoms with Crippen LogP contribution in [0.1, 0.15) is 29.0 Å². The lowest BCUT2D eigenvalue weighted by atomic mass is 10.0. The topological polar surface area (TPSA) is 80.7 Å². The van der Waals surface area contributed by atoms with Crippen LogP contribution in [0.25, 0.3) is 5.69 Å². The van der Waals surface area contributed by atoms with Crippen molar-refractivity contribution >= 4 is 34.6 Å². The monoisotopic (exact) mass is 527 g/mol. The maximum atomic E-state index is 12.3. The Morgan fingerprint density at radius 2 is 1.84 bits per heavy atom. The van der Waals surface area contributed by atoms with Crippen molar-refractivity contribution in [3.05, 3.63) is 102 Å². The minimum Gasteiger partial charge on any atom is -0.495 e. The number of anilines is 2. The summed E-state index contributed by atoms with van der Waals surface area (Å²) in [5.74, 6) is 0.262. The standard InChI is InChI=1S/C29H29N5O3S/c1-19-9-11-20(12-10-19)33-16-6-8-24(33)28-27(22-7-4-5-15-30-22)32-29(38)34(28)21-13-14-25(37-3)23(17-21)31-26(35)18-36-2/h4-17,27-28H,18H2,1-3H3,(H,31,35)(H,32,38)/t27-,28-/m0/s1. The molecule has 0 aliphatic carbocycles. The Hall–Kier alpha value is -4.21. The molecule has 1 saturated heterocycles. The first kappa shape index (κ1) is 25.4. The van der Waals surface area contributed by atoms with E-state index < -0.39 is 0 Å². The van der Waals surface area contributed by atoms with Crippen LogP contribution in [-0.2, 0) is 9.53 Å². The van der Waals surface area contributed by atoms with Gasteiger partial charge in [0.25, 0.3) is 0 Å². The fourth-order valence-corrected chi connectivity index (χ4v) is 5.12. The predicted molar refractivity (Wildman–Crippen MR) is 152 cm³/mol. The number of methoxy groups -OCH3 is 2. The van der Waals surface area contributed by atoms with Crippen LogP contribution in [0, 0.1) is 6.92 Å². The Labute approximate surface area is 227 Å². The summed E-state index contributed by atoms with van der Waals surface area (Å²) in [5.41, 5.74) is 5.49. The number of nitrogens with zero attached hydrogens (tertiary/aromatic N) is 3. The average molecular weight is 528 g/mol. The maximum absolute atomic E-state index is 12.3. The van der Waals surface area contributed by atoms with E-state index in [1.165, 1.54) is 12.7 Å². The molecule has 9 heteroatoms. The zero-order valence-corrected chi connectivity index (χ0v) is 22.2. The molecule has 1 fully saturated rings. The SMILES string of the molecule is COCC(=O)Nc1cc(N2C(=S)N[C@@H](c3ccccn3)[C@@H]2c2cccn2-c2ccc(C)cc2)ccc1OC. The summed E-state index contributed by atoms with van der Waals surface area (Å²) in [6.45, 7) is 2.01. The number of aromatic nitrogens is 2. The van der Waals surface area contributed by atoms with Crippen LogP contribution in [0.4, 0.5) is 11.4 Å². The van der Waals surface area contributed by atoms with Crippen LogP contribution in [-0.4, -0.2) is 41.4 Å². The van der Waals surface area contributed by atoms with Crippen molar-refractivity contribution in [3.63, 3.8) is 0 Å². The minimum atomic E-state index is -0.277. The van der Waals surface area contributed by atoms with E-state index in [0.717, 1.165) is 22.8 Å².